The Hall–Kier alpha value is -0.940. The average molecular weight is 271 g/mol. The van der Waals surface area contributed by atoms with E-state index < -0.39 is 15.8 Å². The molecule has 0 saturated carbocycles. The van der Waals surface area contributed by atoms with Gasteiger partial charge in [0.2, 0.25) is 10.0 Å². The number of benzene rings is 1. The number of rotatable bonds is 2. The second kappa shape index (κ2) is 4.97. The molecule has 0 aromatic heterocycles. The van der Waals surface area contributed by atoms with Gasteiger partial charge in [-0.1, -0.05) is 13.8 Å². The summed E-state index contributed by atoms with van der Waals surface area (Å²) >= 11 is 0. The van der Waals surface area contributed by atoms with Crippen molar-refractivity contribution in [2.24, 2.45) is 11.8 Å². The Labute approximate surface area is 108 Å². The quantitative estimate of drug-likeness (QED) is 0.828. The summed E-state index contributed by atoms with van der Waals surface area (Å²) in [5, 5.41) is 0. The molecule has 5 heteroatoms. The van der Waals surface area contributed by atoms with E-state index in [1.165, 1.54) is 28.6 Å². The van der Waals surface area contributed by atoms with Crippen molar-refractivity contribution in [2.45, 2.75) is 25.2 Å². The van der Waals surface area contributed by atoms with Crippen molar-refractivity contribution in [3.05, 3.63) is 30.1 Å². The minimum atomic E-state index is -3.48. The molecule has 0 N–H and O–H groups in total. The van der Waals surface area contributed by atoms with E-state index in [1.807, 2.05) is 0 Å². The van der Waals surface area contributed by atoms with Crippen LogP contribution in [0.4, 0.5) is 4.39 Å². The Morgan fingerprint density at radius 2 is 1.61 bits per heavy atom. The van der Waals surface area contributed by atoms with E-state index in [1.54, 1.807) is 0 Å². The first kappa shape index (κ1) is 13.5. The standard InChI is InChI=1S/C13H18FNO2S/c1-10-7-11(2)9-15(8-10)18(16,17)13-5-3-12(14)4-6-13/h3-6,10-11H,7-9H2,1-2H3/t10-,11-/m1/s1. The average Bonchev–Trinajstić information content (AvgIpc) is 2.28. The second-order valence-corrected chi connectivity index (χ2v) is 7.16. The minimum Gasteiger partial charge on any atom is -0.207 e. The van der Waals surface area contributed by atoms with Gasteiger partial charge in [-0.25, -0.2) is 12.8 Å². The fourth-order valence-electron chi connectivity index (χ4n) is 2.56. The van der Waals surface area contributed by atoms with Crippen molar-refractivity contribution in [3.63, 3.8) is 0 Å². The molecule has 2 rings (SSSR count). The molecule has 0 unspecified atom stereocenters. The van der Waals surface area contributed by atoms with Gasteiger partial charge in [0.1, 0.15) is 5.82 Å². The Kier molecular flexibility index (Phi) is 3.73. The fraction of sp³-hybridized carbons (Fsp3) is 0.538. The van der Waals surface area contributed by atoms with E-state index in [0.29, 0.717) is 24.9 Å². The first-order valence-corrected chi connectivity index (χ1v) is 7.59. The number of hydrogen-bond acceptors (Lipinski definition) is 2. The summed E-state index contributed by atoms with van der Waals surface area (Å²) in [5.41, 5.74) is 0. The van der Waals surface area contributed by atoms with Gasteiger partial charge in [-0.05, 0) is 42.5 Å². The summed E-state index contributed by atoms with van der Waals surface area (Å²) in [6.45, 7) is 5.21. The van der Waals surface area contributed by atoms with E-state index in [9.17, 15) is 12.8 Å². The number of nitrogens with zero attached hydrogens (tertiary/aromatic N) is 1. The molecule has 1 aromatic carbocycles. The molecule has 18 heavy (non-hydrogen) atoms. The lowest BCUT2D eigenvalue weighted by atomic mass is 9.94. The van der Waals surface area contributed by atoms with Gasteiger partial charge in [-0.3, -0.25) is 0 Å². The van der Waals surface area contributed by atoms with E-state index >= 15 is 0 Å². The first-order valence-electron chi connectivity index (χ1n) is 6.15. The third-order valence-corrected chi connectivity index (χ3v) is 5.13. The van der Waals surface area contributed by atoms with Crippen LogP contribution < -0.4 is 0 Å². The van der Waals surface area contributed by atoms with Crippen molar-refractivity contribution in [3.8, 4) is 0 Å². The van der Waals surface area contributed by atoms with Crippen LogP contribution in [-0.2, 0) is 10.0 Å². The normalized spacial score (nSPS) is 26.2. The van der Waals surface area contributed by atoms with Crippen LogP contribution in [0.2, 0.25) is 0 Å². The Balaban J connectivity index is 2.28. The molecule has 1 heterocycles. The summed E-state index contributed by atoms with van der Waals surface area (Å²) in [6.07, 6.45) is 1.05. The number of piperidine rings is 1. The third-order valence-electron chi connectivity index (χ3n) is 3.29. The molecule has 1 aliphatic heterocycles. The van der Waals surface area contributed by atoms with Crippen LogP contribution in [0.15, 0.2) is 29.2 Å². The molecular formula is C13H18FNO2S. The SMILES string of the molecule is C[C@@H]1C[C@@H](C)CN(S(=O)(=O)c2ccc(F)cc2)C1. The topological polar surface area (TPSA) is 37.4 Å². The predicted octanol–water partition coefficient (Wildman–Crippen LogP) is 2.49. The van der Waals surface area contributed by atoms with Gasteiger partial charge < -0.3 is 0 Å². The Bertz CT molecular complexity index is 502. The van der Waals surface area contributed by atoms with Crippen LogP contribution in [0.1, 0.15) is 20.3 Å². The van der Waals surface area contributed by atoms with Crippen LogP contribution in [0, 0.1) is 17.7 Å². The molecule has 3 nitrogen and oxygen atoms in total. The van der Waals surface area contributed by atoms with Crippen molar-refractivity contribution in [1.29, 1.82) is 0 Å². The Morgan fingerprint density at radius 3 is 2.11 bits per heavy atom. The predicted molar refractivity (Wildman–Crippen MR) is 68.1 cm³/mol. The maximum Gasteiger partial charge on any atom is 0.243 e. The molecule has 0 aliphatic carbocycles. The molecule has 0 amide bonds. The summed E-state index contributed by atoms with van der Waals surface area (Å²) in [6, 6.07) is 5.02. The molecule has 2 atom stereocenters. The van der Waals surface area contributed by atoms with Crippen LogP contribution >= 0.6 is 0 Å². The molecule has 0 spiro atoms. The van der Waals surface area contributed by atoms with Gasteiger partial charge in [-0.15, -0.1) is 0 Å². The molecular weight excluding hydrogens is 253 g/mol. The van der Waals surface area contributed by atoms with Gasteiger partial charge in [0.15, 0.2) is 0 Å². The molecule has 1 saturated heterocycles. The molecule has 100 valence electrons. The smallest absolute Gasteiger partial charge is 0.207 e. The van der Waals surface area contributed by atoms with E-state index in [4.69, 9.17) is 0 Å². The molecule has 0 radical (unpaired) electrons. The monoisotopic (exact) mass is 271 g/mol. The van der Waals surface area contributed by atoms with Gasteiger partial charge in [0.05, 0.1) is 4.90 Å². The molecule has 1 fully saturated rings. The fourth-order valence-corrected chi connectivity index (χ4v) is 4.24. The van der Waals surface area contributed by atoms with Crippen molar-refractivity contribution in [2.75, 3.05) is 13.1 Å². The maximum absolute atomic E-state index is 12.8. The first-order chi connectivity index (χ1) is 8.39. The second-order valence-electron chi connectivity index (χ2n) is 5.22. The number of hydrogen-bond donors (Lipinski definition) is 0. The van der Waals surface area contributed by atoms with E-state index in [-0.39, 0.29) is 4.90 Å². The molecule has 1 aromatic rings. The lowest BCUT2D eigenvalue weighted by Crippen LogP contribution is -2.42. The van der Waals surface area contributed by atoms with Gasteiger partial charge in [0.25, 0.3) is 0 Å². The highest BCUT2D eigenvalue weighted by Crippen LogP contribution is 2.26. The van der Waals surface area contributed by atoms with Crippen LogP contribution in [0.5, 0.6) is 0 Å². The van der Waals surface area contributed by atoms with Crippen LogP contribution in [0.3, 0.4) is 0 Å². The lowest BCUT2D eigenvalue weighted by Gasteiger charge is -2.34. The third kappa shape index (κ3) is 2.72. The zero-order chi connectivity index (χ0) is 13.3. The minimum absolute atomic E-state index is 0.171. The van der Waals surface area contributed by atoms with E-state index in [0.717, 1.165) is 6.42 Å². The molecule has 0 bridgehead atoms. The Morgan fingerprint density at radius 1 is 1.11 bits per heavy atom. The van der Waals surface area contributed by atoms with Crippen LogP contribution in [0.25, 0.3) is 0 Å². The van der Waals surface area contributed by atoms with Crippen molar-refractivity contribution < 1.29 is 12.8 Å². The van der Waals surface area contributed by atoms with Crippen molar-refractivity contribution >= 4 is 10.0 Å². The number of halogens is 1. The van der Waals surface area contributed by atoms with Crippen molar-refractivity contribution in [1.82, 2.24) is 4.31 Å². The number of sulfonamides is 1. The lowest BCUT2D eigenvalue weighted by molar-refractivity contribution is 0.222. The summed E-state index contributed by atoms with van der Waals surface area (Å²) in [4.78, 5) is 0.171. The maximum atomic E-state index is 12.8. The largest absolute Gasteiger partial charge is 0.243 e. The highest BCUT2D eigenvalue weighted by Gasteiger charge is 2.31. The summed E-state index contributed by atoms with van der Waals surface area (Å²) in [7, 11) is -3.48. The highest BCUT2D eigenvalue weighted by atomic mass is 32.2. The van der Waals surface area contributed by atoms with Gasteiger partial charge >= 0.3 is 0 Å². The summed E-state index contributed by atoms with van der Waals surface area (Å²) < 4.78 is 39.1. The van der Waals surface area contributed by atoms with E-state index in [2.05, 4.69) is 13.8 Å². The zero-order valence-corrected chi connectivity index (χ0v) is 11.5. The van der Waals surface area contributed by atoms with Crippen LogP contribution in [-0.4, -0.2) is 25.8 Å². The highest BCUT2D eigenvalue weighted by molar-refractivity contribution is 7.89. The zero-order valence-electron chi connectivity index (χ0n) is 10.6. The van der Waals surface area contributed by atoms with Gasteiger partial charge in [-0.2, -0.15) is 4.31 Å². The summed E-state index contributed by atoms with van der Waals surface area (Å²) in [5.74, 6) is 0.308. The molecule has 1 aliphatic rings. The van der Waals surface area contributed by atoms with Gasteiger partial charge in [0, 0.05) is 13.1 Å².